The van der Waals surface area contributed by atoms with E-state index in [1.54, 1.807) is 6.07 Å². The molecular formula is C16H26N2O2S. The van der Waals surface area contributed by atoms with E-state index in [1.165, 1.54) is 12.8 Å². The van der Waals surface area contributed by atoms with Gasteiger partial charge in [0.2, 0.25) is 10.0 Å². The van der Waals surface area contributed by atoms with Gasteiger partial charge in [0.15, 0.2) is 0 Å². The van der Waals surface area contributed by atoms with Crippen molar-refractivity contribution in [2.24, 2.45) is 11.1 Å². The summed E-state index contributed by atoms with van der Waals surface area (Å²) in [6, 6.07) is 3.65. The third kappa shape index (κ3) is 3.65. The second-order valence-electron chi connectivity index (χ2n) is 6.58. The Kier molecular flexibility index (Phi) is 4.76. The molecule has 0 saturated heterocycles. The Morgan fingerprint density at radius 3 is 2.43 bits per heavy atom. The van der Waals surface area contributed by atoms with E-state index >= 15 is 0 Å². The van der Waals surface area contributed by atoms with Crippen LogP contribution in [-0.2, 0) is 16.6 Å². The first-order valence-electron chi connectivity index (χ1n) is 7.57. The molecule has 1 aromatic rings. The van der Waals surface area contributed by atoms with Gasteiger partial charge in [0.25, 0.3) is 0 Å². The first kappa shape index (κ1) is 16.5. The highest BCUT2D eigenvalue weighted by Crippen LogP contribution is 2.37. The Balaban J connectivity index is 2.25. The molecule has 0 amide bonds. The Morgan fingerprint density at radius 2 is 1.86 bits per heavy atom. The molecule has 4 nitrogen and oxygen atoms in total. The van der Waals surface area contributed by atoms with Gasteiger partial charge < -0.3 is 5.73 Å². The highest BCUT2D eigenvalue weighted by atomic mass is 32.2. The molecule has 1 aliphatic carbocycles. The van der Waals surface area contributed by atoms with E-state index in [1.807, 2.05) is 19.9 Å². The van der Waals surface area contributed by atoms with Crippen molar-refractivity contribution in [3.8, 4) is 0 Å². The molecule has 0 unspecified atom stereocenters. The minimum atomic E-state index is -3.48. The number of aryl methyl sites for hydroxylation is 1. The van der Waals surface area contributed by atoms with Crippen LogP contribution in [0.3, 0.4) is 0 Å². The predicted octanol–water partition coefficient (Wildman–Crippen LogP) is 2.62. The fraction of sp³-hybridized carbons (Fsp3) is 0.625. The van der Waals surface area contributed by atoms with Crippen LogP contribution in [0.1, 0.15) is 49.3 Å². The summed E-state index contributed by atoms with van der Waals surface area (Å²) in [6.07, 6.45) is 4.57. The van der Waals surface area contributed by atoms with Gasteiger partial charge in [-0.3, -0.25) is 0 Å². The van der Waals surface area contributed by atoms with E-state index in [4.69, 9.17) is 5.73 Å². The first-order chi connectivity index (χ1) is 9.77. The van der Waals surface area contributed by atoms with Gasteiger partial charge in [-0.25, -0.2) is 13.1 Å². The molecule has 0 bridgehead atoms. The molecule has 0 aliphatic heterocycles. The molecule has 0 atom stereocenters. The van der Waals surface area contributed by atoms with Crippen LogP contribution in [0.5, 0.6) is 0 Å². The maximum absolute atomic E-state index is 12.6. The number of hydrogen-bond donors (Lipinski definition) is 2. The molecule has 1 fully saturated rings. The minimum absolute atomic E-state index is 0.0987. The average Bonchev–Trinajstić information content (AvgIpc) is 2.87. The maximum Gasteiger partial charge on any atom is 0.240 e. The smallest absolute Gasteiger partial charge is 0.240 e. The quantitative estimate of drug-likeness (QED) is 0.878. The van der Waals surface area contributed by atoms with Gasteiger partial charge in [-0.2, -0.15) is 0 Å². The van der Waals surface area contributed by atoms with Gasteiger partial charge in [0.05, 0.1) is 4.90 Å². The molecule has 0 radical (unpaired) electrons. The van der Waals surface area contributed by atoms with Crippen LogP contribution >= 0.6 is 0 Å². The van der Waals surface area contributed by atoms with Gasteiger partial charge in [-0.15, -0.1) is 0 Å². The molecule has 5 heteroatoms. The normalized spacial score (nSPS) is 18.1. The lowest BCUT2D eigenvalue weighted by Gasteiger charge is -2.24. The molecular weight excluding hydrogens is 284 g/mol. The third-order valence-corrected chi connectivity index (χ3v) is 6.23. The topological polar surface area (TPSA) is 72.2 Å². The van der Waals surface area contributed by atoms with Crippen molar-refractivity contribution in [2.45, 2.75) is 57.9 Å². The Morgan fingerprint density at radius 1 is 1.24 bits per heavy atom. The summed E-state index contributed by atoms with van der Waals surface area (Å²) in [5.74, 6) is 0. The fourth-order valence-corrected chi connectivity index (χ4v) is 4.61. The molecule has 1 saturated carbocycles. The molecule has 1 aliphatic rings. The summed E-state index contributed by atoms with van der Waals surface area (Å²) >= 11 is 0. The van der Waals surface area contributed by atoms with E-state index in [0.29, 0.717) is 18.0 Å². The lowest BCUT2D eigenvalue weighted by atomic mass is 9.89. The lowest BCUT2D eigenvalue weighted by molar-refractivity contribution is 0.336. The van der Waals surface area contributed by atoms with E-state index in [9.17, 15) is 8.42 Å². The first-order valence-corrected chi connectivity index (χ1v) is 9.06. The summed E-state index contributed by atoms with van der Waals surface area (Å²) in [7, 11) is -3.48. The van der Waals surface area contributed by atoms with Crippen LogP contribution < -0.4 is 10.5 Å². The zero-order valence-electron chi connectivity index (χ0n) is 13.2. The summed E-state index contributed by atoms with van der Waals surface area (Å²) in [4.78, 5) is 0.365. The van der Waals surface area contributed by atoms with Crippen molar-refractivity contribution < 1.29 is 8.42 Å². The van der Waals surface area contributed by atoms with E-state index in [0.717, 1.165) is 29.5 Å². The van der Waals surface area contributed by atoms with Crippen LogP contribution in [0.4, 0.5) is 0 Å². The predicted molar refractivity (Wildman–Crippen MR) is 85.6 cm³/mol. The number of nitrogens with two attached hydrogens (primary N) is 1. The van der Waals surface area contributed by atoms with Crippen molar-refractivity contribution in [1.29, 1.82) is 0 Å². The third-order valence-electron chi connectivity index (χ3n) is 4.70. The molecule has 21 heavy (non-hydrogen) atoms. The molecule has 0 spiro atoms. The number of benzene rings is 1. The second-order valence-corrected chi connectivity index (χ2v) is 8.32. The van der Waals surface area contributed by atoms with Crippen LogP contribution in [0.25, 0.3) is 0 Å². The highest BCUT2D eigenvalue weighted by Gasteiger charge is 2.30. The lowest BCUT2D eigenvalue weighted by Crippen LogP contribution is -2.34. The van der Waals surface area contributed by atoms with Gasteiger partial charge in [-0.1, -0.05) is 25.8 Å². The van der Waals surface area contributed by atoms with E-state index in [2.05, 4.69) is 11.6 Å². The Labute approximate surface area is 128 Å². The van der Waals surface area contributed by atoms with Gasteiger partial charge >= 0.3 is 0 Å². The van der Waals surface area contributed by atoms with E-state index in [-0.39, 0.29) is 5.41 Å². The summed E-state index contributed by atoms with van der Waals surface area (Å²) in [5, 5.41) is 0. The zero-order chi connectivity index (χ0) is 15.7. The SMILES string of the molecule is Cc1cc(CN)cc(S(=O)(=O)NCC2(C)CCCC2)c1C. The number of sulfonamides is 1. The van der Waals surface area contributed by atoms with Crippen molar-refractivity contribution in [3.63, 3.8) is 0 Å². The van der Waals surface area contributed by atoms with Crippen LogP contribution in [0, 0.1) is 19.3 Å². The number of rotatable bonds is 5. The molecule has 3 N–H and O–H groups in total. The monoisotopic (exact) mass is 310 g/mol. The summed E-state index contributed by atoms with van der Waals surface area (Å²) < 4.78 is 28.0. The second kappa shape index (κ2) is 6.07. The number of hydrogen-bond acceptors (Lipinski definition) is 3. The van der Waals surface area contributed by atoms with Crippen molar-refractivity contribution in [3.05, 3.63) is 28.8 Å². The average molecular weight is 310 g/mol. The van der Waals surface area contributed by atoms with Crippen molar-refractivity contribution in [1.82, 2.24) is 4.72 Å². The molecule has 1 aromatic carbocycles. The zero-order valence-corrected chi connectivity index (χ0v) is 14.0. The van der Waals surface area contributed by atoms with Crippen molar-refractivity contribution in [2.75, 3.05) is 6.54 Å². The summed E-state index contributed by atoms with van der Waals surface area (Å²) in [6.45, 7) is 6.80. The Hall–Kier alpha value is -0.910. The van der Waals surface area contributed by atoms with Crippen LogP contribution in [0.15, 0.2) is 17.0 Å². The Bertz CT molecular complexity index is 617. The standard InChI is InChI=1S/C16H26N2O2S/c1-12-8-14(10-17)9-15(13(12)2)21(19,20)18-11-16(3)6-4-5-7-16/h8-9,18H,4-7,10-11,17H2,1-3H3. The van der Waals surface area contributed by atoms with Gasteiger partial charge in [0.1, 0.15) is 0 Å². The fourth-order valence-electron chi connectivity index (χ4n) is 3.05. The maximum atomic E-state index is 12.6. The van der Waals surface area contributed by atoms with Crippen LogP contribution in [0.2, 0.25) is 0 Å². The van der Waals surface area contributed by atoms with E-state index < -0.39 is 10.0 Å². The molecule has 118 valence electrons. The van der Waals surface area contributed by atoms with Gasteiger partial charge in [-0.05, 0) is 54.9 Å². The van der Waals surface area contributed by atoms with Gasteiger partial charge in [0, 0.05) is 13.1 Å². The van der Waals surface area contributed by atoms with Crippen molar-refractivity contribution >= 4 is 10.0 Å². The minimum Gasteiger partial charge on any atom is -0.326 e. The largest absolute Gasteiger partial charge is 0.326 e. The summed E-state index contributed by atoms with van der Waals surface area (Å²) in [5.41, 5.74) is 8.38. The van der Waals surface area contributed by atoms with Crippen LogP contribution in [-0.4, -0.2) is 15.0 Å². The molecule has 0 aromatic heterocycles. The highest BCUT2D eigenvalue weighted by molar-refractivity contribution is 7.89. The molecule has 2 rings (SSSR count). The number of nitrogens with one attached hydrogen (secondary N) is 1. The molecule has 0 heterocycles.